The molecule has 0 saturated heterocycles. The van der Waals surface area contributed by atoms with Gasteiger partial charge < -0.3 is 15.8 Å². The monoisotopic (exact) mass is 284 g/mol. The van der Waals surface area contributed by atoms with Crippen LogP contribution in [0.1, 0.15) is 16.7 Å². The van der Waals surface area contributed by atoms with Crippen molar-refractivity contribution in [2.24, 2.45) is 0 Å². The third-order valence-corrected chi connectivity index (χ3v) is 3.48. The molecule has 0 fully saturated rings. The number of ether oxygens (including phenoxy) is 1. The van der Waals surface area contributed by atoms with Crippen LogP contribution in [-0.2, 0) is 11.2 Å². The van der Waals surface area contributed by atoms with Crippen LogP contribution in [0.2, 0.25) is 0 Å². The predicted octanol–water partition coefficient (Wildman–Crippen LogP) is 3.08. The molecule has 0 unspecified atom stereocenters. The summed E-state index contributed by atoms with van der Waals surface area (Å²) < 4.78 is 5.16. The molecule has 0 aliphatic heterocycles. The first-order valence-electron chi connectivity index (χ1n) is 6.79. The molecule has 0 radical (unpaired) electrons. The SMILES string of the molecule is COc1cccc(CC(=O)Nc2c(C)ccc(N)c2C)c1. The van der Waals surface area contributed by atoms with E-state index in [9.17, 15) is 4.79 Å². The van der Waals surface area contributed by atoms with E-state index >= 15 is 0 Å². The van der Waals surface area contributed by atoms with Gasteiger partial charge in [-0.2, -0.15) is 0 Å². The Balaban J connectivity index is 2.13. The molecule has 1 amide bonds. The number of hydrogen-bond donors (Lipinski definition) is 2. The normalized spacial score (nSPS) is 10.2. The van der Waals surface area contributed by atoms with Crippen LogP contribution < -0.4 is 15.8 Å². The van der Waals surface area contributed by atoms with Crippen LogP contribution in [0.15, 0.2) is 36.4 Å². The van der Waals surface area contributed by atoms with Gasteiger partial charge in [-0.25, -0.2) is 0 Å². The van der Waals surface area contributed by atoms with Gasteiger partial charge in [0.15, 0.2) is 0 Å². The topological polar surface area (TPSA) is 64.3 Å². The minimum absolute atomic E-state index is 0.0694. The average Bonchev–Trinajstić information content (AvgIpc) is 2.48. The van der Waals surface area contributed by atoms with Gasteiger partial charge in [0.1, 0.15) is 5.75 Å². The van der Waals surface area contributed by atoms with Crippen LogP contribution in [-0.4, -0.2) is 13.0 Å². The fourth-order valence-corrected chi connectivity index (χ4v) is 2.21. The van der Waals surface area contributed by atoms with E-state index in [1.165, 1.54) is 0 Å². The number of hydrogen-bond acceptors (Lipinski definition) is 3. The molecule has 0 atom stereocenters. The van der Waals surface area contributed by atoms with Crippen molar-refractivity contribution in [1.82, 2.24) is 0 Å². The zero-order chi connectivity index (χ0) is 15.4. The third-order valence-electron chi connectivity index (χ3n) is 3.48. The molecule has 4 heteroatoms. The van der Waals surface area contributed by atoms with Crippen molar-refractivity contribution in [2.75, 3.05) is 18.2 Å². The summed E-state index contributed by atoms with van der Waals surface area (Å²) in [4.78, 5) is 12.2. The van der Waals surface area contributed by atoms with E-state index in [1.54, 1.807) is 7.11 Å². The zero-order valence-electron chi connectivity index (χ0n) is 12.6. The van der Waals surface area contributed by atoms with E-state index in [4.69, 9.17) is 10.5 Å². The molecule has 4 nitrogen and oxygen atoms in total. The summed E-state index contributed by atoms with van der Waals surface area (Å²) in [5, 5.41) is 2.95. The first-order chi connectivity index (χ1) is 10.0. The summed E-state index contributed by atoms with van der Waals surface area (Å²) in [6, 6.07) is 11.2. The van der Waals surface area contributed by atoms with Gasteiger partial charge in [-0.15, -0.1) is 0 Å². The summed E-state index contributed by atoms with van der Waals surface area (Å²) in [5.74, 6) is 0.677. The zero-order valence-corrected chi connectivity index (χ0v) is 12.6. The van der Waals surface area contributed by atoms with E-state index in [1.807, 2.05) is 50.2 Å². The summed E-state index contributed by atoms with van der Waals surface area (Å²) >= 11 is 0. The summed E-state index contributed by atoms with van der Waals surface area (Å²) in [7, 11) is 1.61. The number of nitrogens with one attached hydrogen (secondary N) is 1. The molecule has 0 aliphatic rings. The van der Waals surface area contributed by atoms with Gasteiger partial charge in [0.2, 0.25) is 5.91 Å². The minimum Gasteiger partial charge on any atom is -0.497 e. The van der Waals surface area contributed by atoms with Crippen molar-refractivity contribution in [1.29, 1.82) is 0 Å². The molecule has 0 saturated carbocycles. The lowest BCUT2D eigenvalue weighted by Crippen LogP contribution is -2.16. The number of anilines is 2. The lowest BCUT2D eigenvalue weighted by molar-refractivity contribution is -0.115. The van der Waals surface area contributed by atoms with Crippen molar-refractivity contribution in [3.63, 3.8) is 0 Å². The van der Waals surface area contributed by atoms with Gasteiger partial charge in [-0.3, -0.25) is 4.79 Å². The molecule has 2 rings (SSSR count). The molecular weight excluding hydrogens is 264 g/mol. The summed E-state index contributed by atoms with van der Waals surface area (Å²) in [5.41, 5.74) is 10.2. The van der Waals surface area contributed by atoms with Gasteiger partial charge >= 0.3 is 0 Å². The highest BCUT2D eigenvalue weighted by molar-refractivity contribution is 5.94. The van der Waals surface area contributed by atoms with Gasteiger partial charge in [-0.1, -0.05) is 18.2 Å². The first-order valence-corrected chi connectivity index (χ1v) is 6.79. The van der Waals surface area contributed by atoms with Crippen molar-refractivity contribution in [2.45, 2.75) is 20.3 Å². The highest BCUT2D eigenvalue weighted by Crippen LogP contribution is 2.25. The van der Waals surface area contributed by atoms with E-state index in [2.05, 4.69) is 5.32 Å². The van der Waals surface area contributed by atoms with Crippen molar-refractivity contribution in [3.8, 4) is 5.75 Å². The van der Waals surface area contributed by atoms with Gasteiger partial charge in [0.05, 0.1) is 13.5 Å². The molecule has 0 heterocycles. The predicted molar refractivity (Wildman–Crippen MR) is 85.7 cm³/mol. The smallest absolute Gasteiger partial charge is 0.228 e. The molecule has 110 valence electrons. The molecule has 0 aliphatic carbocycles. The maximum absolute atomic E-state index is 12.2. The van der Waals surface area contributed by atoms with Crippen molar-refractivity contribution < 1.29 is 9.53 Å². The Morgan fingerprint density at radius 2 is 2.00 bits per heavy atom. The molecule has 21 heavy (non-hydrogen) atoms. The number of methoxy groups -OCH3 is 1. The Labute approximate surface area is 124 Å². The van der Waals surface area contributed by atoms with Gasteiger partial charge in [-0.05, 0) is 48.7 Å². The Morgan fingerprint density at radius 1 is 1.24 bits per heavy atom. The number of carbonyl (C=O) groups is 1. The fraction of sp³-hybridized carbons (Fsp3) is 0.235. The largest absolute Gasteiger partial charge is 0.497 e. The molecule has 0 spiro atoms. The summed E-state index contributed by atoms with van der Waals surface area (Å²) in [6.45, 7) is 3.86. The quantitative estimate of drug-likeness (QED) is 0.848. The van der Waals surface area contributed by atoms with Crippen LogP contribution in [0.25, 0.3) is 0 Å². The molecule has 3 N–H and O–H groups in total. The second-order valence-electron chi connectivity index (χ2n) is 5.05. The highest BCUT2D eigenvalue weighted by atomic mass is 16.5. The number of nitrogens with two attached hydrogens (primary N) is 1. The van der Waals surface area contributed by atoms with Gasteiger partial charge in [0, 0.05) is 11.4 Å². The maximum atomic E-state index is 12.2. The molecule has 2 aromatic rings. The Morgan fingerprint density at radius 3 is 2.71 bits per heavy atom. The molecule has 2 aromatic carbocycles. The fourth-order valence-electron chi connectivity index (χ4n) is 2.21. The standard InChI is InChI=1S/C17H20N2O2/c1-11-7-8-15(18)12(2)17(11)19-16(20)10-13-5-4-6-14(9-13)21-3/h4-9H,10,18H2,1-3H3,(H,19,20). The van der Waals surface area contributed by atoms with Crippen LogP contribution in [0.5, 0.6) is 5.75 Å². The molecular formula is C17H20N2O2. The Bertz CT molecular complexity index is 666. The van der Waals surface area contributed by atoms with Gasteiger partial charge in [0.25, 0.3) is 0 Å². The van der Waals surface area contributed by atoms with Crippen LogP contribution in [0.4, 0.5) is 11.4 Å². The van der Waals surface area contributed by atoms with Crippen LogP contribution in [0, 0.1) is 13.8 Å². The van der Waals surface area contributed by atoms with E-state index in [0.717, 1.165) is 28.1 Å². The van der Waals surface area contributed by atoms with Crippen molar-refractivity contribution in [3.05, 3.63) is 53.1 Å². The number of carbonyl (C=O) groups excluding carboxylic acids is 1. The minimum atomic E-state index is -0.0694. The number of aryl methyl sites for hydroxylation is 1. The molecule has 0 bridgehead atoms. The number of rotatable bonds is 4. The number of benzene rings is 2. The van der Waals surface area contributed by atoms with E-state index in [-0.39, 0.29) is 5.91 Å². The maximum Gasteiger partial charge on any atom is 0.228 e. The van der Waals surface area contributed by atoms with E-state index < -0.39 is 0 Å². The van der Waals surface area contributed by atoms with Crippen molar-refractivity contribution >= 4 is 17.3 Å². The first kappa shape index (κ1) is 14.9. The van der Waals surface area contributed by atoms with Crippen LogP contribution >= 0.6 is 0 Å². The highest BCUT2D eigenvalue weighted by Gasteiger charge is 2.10. The van der Waals surface area contributed by atoms with E-state index in [0.29, 0.717) is 12.1 Å². The lowest BCUT2D eigenvalue weighted by Gasteiger charge is -2.13. The average molecular weight is 284 g/mol. The number of nitrogen functional groups attached to an aromatic ring is 1. The third kappa shape index (κ3) is 3.54. The second kappa shape index (κ2) is 6.31. The Hall–Kier alpha value is -2.49. The number of amides is 1. The second-order valence-corrected chi connectivity index (χ2v) is 5.05. The molecule has 0 aromatic heterocycles. The summed E-state index contributed by atoms with van der Waals surface area (Å²) in [6.07, 6.45) is 0.297. The Kier molecular flexibility index (Phi) is 4.48. The van der Waals surface area contributed by atoms with Crippen LogP contribution in [0.3, 0.4) is 0 Å². The lowest BCUT2D eigenvalue weighted by atomic mass is 10.1.